The van der Waals surface area contributed by atoms with Gasteiger partial charge in [0.15, 0.2) is 23.1 Å². The number of aldehydes is 1. The molecular weight excluding hydrogens is 1200 g/mol. The van der Waals surface area contributed by atoms with Crippen LogP contribution in [0.4, 0.5) is 0 Å². The SMILES string of the molecule is CC(=O)c1ccccc1.ClCCl.NOP.O=C(/C=C/c1ccc(C(=O)NO)cc1)c1ccccc1.O=C(/C=C/c1ccc(C(=O)NOP)cc1)c1ccccc1.O=C(O)c1ccc(/C=C/C(=O)c2ccccc2)cc1.O=Cc1ccc(C(=O)O)cc1.[2H]C#C.[3HH].[3HH]. The van der Waals surface area contributed by atoms with Crippen LogP contribution in [-0.4, -0.2) is 73.9 Å². The summed E-state index contributed by atoms with van der Waals surface area (Å²) < 4.78 is 13.9. The van der Waals surface area contributed by atoms with Crippen molar-refractivity contribution >= 4 is 114 Å². The number of allylic oxidation sites excluding steroid dienone is 3. The average molecular weight is 1270 g/mol. The average Bonchev–Trinajstić information content (AvgIpc) is 3.12. The van der Waals surface area contributed by atoms with E-state index in [4.69, 9.17) is 40.0 Å². The van der Waals surface area contributed by atoms with Crippen LogP contribution in [0.1, 0.15) is 121 Å². The Balaban J connectivity index is 0. The lowest BCUT2D eigenvalue weighted by Gasteiger charge is -2.01. The molecule has 7 N–H and O–H groups in total. The van der Waals surface area contributed by atoms with Gasteiger partial charge in [0.05, 0.1) is 16.5 Å². The third-order valence-corrected chi connectivity index (χ3v) is 10.8. The van der Waals surface area contributed by atoms with Crippen LogP contribution in [0.15, 0.2) is 237 Å². The molecule has 2 amide bonds. The van der Waals surface area contributed by atoms with Gasteiger partial charge in [-0.05, 0) is 90.4 Å². The van der Waals surface area contributed by atoms with Gasteiger partial charge in [0.25, 0.3) is 11.8 Å². The van der Waals surface area contributed by atoms with Crippen molar-refractivity contribution < 1.29 is 72.0 Å². The van der Waals surface area contributed by atoms with Crippen LogP contribution in [0.5, 0.6) is 0 Å². The maximum Gasteiger partial charge on any atom is 0.335 e. The number of Topliss-reactive ketones (excluding diaryl/α,β-unsaturated/α-hetero) is 1. The summed E-state index contributed by atoms with van der Waals surface area (Å²) >= 11 is 9.53. The third-order valence-electron chi connectivity index (χ3n) is 10.7. The number of amides is 2. The van der Waals surface area contributed by atoms with Crippen LogP contribution >= 0.6 is 42.1 Å². The predicted molar refractivity (Wildman–Crippen MR) is 354 cm³/mol. The van der Waals surface area contributed by atoms with Crippen LogP contribution in [0.3, 0.4) is 0 Å². The molecule has 0 saturated heterocycles. The zero-order valence-corrected chi connectivity index (χ0v) is 50.8. The Morgan fingerprint density at radius 3 is 0.966 bits per heavy atom. The Morgan fingerprint density at radius 1 is 0.489 bits per heavy atom. The minimum Gasteiger partial charge on any atom is -0.478 e. The Hall–Kier alpha value is -9.95. The van der Waals surface area contributed by atoms with E-state index in [0.29, 0.717) is 39.7 Å². The van der Waals surface area contributed by atoms with Crippen LogP contribution < -0.4 is 16.9 Å². The predicted octanol–water partition coefficient (Wildman–Crippen LogP) is 13.9. The van der Waals surface area contributed by atoms with Crippen molar-refractivity contribution in [3.8, 4) is 12.8 Å². The van der Waals surface area contributed by atoms with Crippen molar-refractivity contribution in [2.45, 2.75) is 6.92 Å². The summed E-state index contributed by atoms with van der Waals surface area (Å²) in [5, 5.41) is 25.9. The van der Waals surface area contributed by atoms with Crippen molar-refractivity contribution in [3.05, 3.63) is 303 Å². The number of hydrogen-bond acceptors (Lipinski definition) is 13. The summed E-state index contributed by atoms with van der Waals surface area (Å²) in [5.74, 6) is 1.36. The summed E-state index contributed by atoms with van der Waals surface area (Å²) in [6.07, 6.45) is 16.0. The molecular formula is C67H65Cl2N3O14P2. The van der Waals surface area contributed by atoms with Crippen molar-refractivity contribution in [1.29, 1.82) is 0 Å². The number of benzene rings is 8. The molecule has 17 nitrogen and oxygen atoms in total. The van der Waals surface area contributed by atoms with Gasteiger partial charge in [-0.15, -0.1) is 36.0 Å². The second-order valence-corrected chi connectivity index (χ2v) is 17.9. The highest BCUT2D eigenvalue weighted by Crippen LogP contribution is 2.12. The zero-order valence-electron chi connectivity index (χ0n) is 47.9. The number of nitrogens with two attached hydrogens (primary N) is 1. The van der Waals surface area contributed by atoms with Gasteiger partial charge in [-0.3, -0.25) is 48.0 Å². The molecule has 0 saturated carbocycles. The van der Waals surface area contributed by atoms with Crippen molar-refractivity contribution in [3.63, 3.8) is 0 Å². The van der Waals surface area contributed by atoms with Crippen LogP contribution in [0.25, 0.3) is 18.2 Å². The van der Waals surface area contributed by atoms with E-state index in [-0.39, 0.29) is 48.4 Å². The molecule has 8 aromatic rings. The number of terminal acetylenes is 1. The molecule has 0 aliphatic carbocycles. The molecule has 0 bridgehead atoms. The highest BCUT2D eigenvalue weighted by Gasteiger charge is 2.07. The summed E-state index contributed by atoms with van der Waals surface area (Å²) in [5.41, 5.74) is 10.6. The van der Waals surface area contributed by atoms with E-state index >= 15 is 0 Å². The number of carboxylic acid groups (broad SMARTS) is 2. The summed E-state index contributed by atoms with van der Waals surface area (Å²) in [6, 6.07) is 61.6. The first-order valence-electron chi connectivity index (χ1n) is 25.7. The molecule has 456 valence electrons. The molecule has 0 radical (unpaired) electrons. The smallest absolute Gasteiger partial charge is 0.335 e. The number of aromatic carboxylic acids is 2. The van der Waals surface area contributed by atoms with Crippen LogP contribution in [0.2, 0.25) is 0 Å². The lowest BCUT2D eigenvalue weighted by molar-refractivity contribution is 0.0686. The number of rotatable bonds is 16. The van der Waals surface area contributed by atoms with Gasteiger partial charge in [0, 0.05) is 60.7 Å². The van der Waals surface area contributed by atoms with E-state index in [9.17, 15) is 43.2 Å². The molecule has 21 heteroatoms. The number of halogens is 2. The monoisotopic (exact) mass is 1270 g/mol. The molecule has 0 aliphatic heterocycles. The Labute approximate surface area is 528 Å². The fourth-order valence-corrected chi connectivity index (χ4v) is 6.50. The molecule has 0 heterocycles. The van der Waals surface area contributed by atoms with Crippen molar-refractivity contribution in [1.82, 2.24) is 11.0 Å². The molecule has 2 atom stereocenters. The molecule has 0 fully saturated rings. The van der Waals surface area contributed by atoms with Crippen molar-refractivity contribution in [2.75, 3.05) is 5.34 Å². The number of carbonyl (C=O) groups is 9. The highest BCUT2D eigenvalue weighted by atomic mass is 35.5. The maximum absolute atomic E-state index is 11.9. The van der Waals surface area contributed by atoms with E-state index in [1.54, 1.807) is 128 Å². The molecule has 8 rings (SSSR count). The Bertz CT molecular complexity index is 3590. The van der Waals surface area contributed by atoms with Crippen LogP contribution in [-0.2, 0) is 9.25 Å². The standard InChI is InChI=1S/C16H14NO3P.C16H13NO3.C16H12O3.C8H6O3.C8H8O.C2H2.CH2Cl2.H4NOP.2H2/c18-15(13-4-2-1-3-5-13)11-8-12-6-9-14(10-7-12)16(19)17-20-21;18-15(13-4-2-1-3-5-13)11-8-12-6-9-14(10-7-12)16(19)17-20;17-15(13-4-2-1-3-5-13)11-8-12-6-9-14(10-7-12)16(18)19;9-5-6-1-3-7(4-2-6)8(10)11;1-7(9)8-5-3-2-4-6-8;1-2;2-1-3;1-2-3;;/h1-11H,21H2,(H,17,19);1-11,20H,(H,17,19);1-11H,(H,18,19);1-5H,(H,10,11);2-6H,1H3;1-2H;1H2;1,3H2;2*1H/b3*11-8+;;;;;;;/i;;;;;1D;;;2*1+2. The van der Waals surface area contributed by atoms with Crippen LogP contribution in [0, 0.1) is 12.8 Å². The number of carbonyl (C=O) groups excluding carboxylic acids is 7. The summed E-state index contributed by atoms with van der Waals surface area (Å²) in [7, 11) is 3.80. The third kappa shape index (κ3) is 31.8. The largest absolute Gasteiger partial charge is 0.478 e. The van der Waals surface area contributed by atoms with E-state index in [1.807, 2.05) is 104 Å². The number of alkyl halides is 2. The van der Waals surface area contributed by atoms with E-state index in [0.717, 1.165) is 22.3 Å². The first-order valence-corrected chi connectivity index (χ1v) is 27.2. The Morgan fingerprint density at radius 2 is 0.739 bits per heavy atom. The second kappa shape index (κ2) is 46.4. The molecule has 88 heavy (non-hydrogen) atoms. The Kier molecular flexibility index (Phi) is 39.1. The first kappa shape index (κ1) is 74.2. The summed E-state index contributed by atoms with van der Waals surface area (Å²) in [6.45, 7) is 1.56. The molecule has 0 aromatic heterocycles. The van der Waals surface area contributed by atoms with Gasteiger partial charge in [0.2, 0.25) is 0 Å². The zero-order chi connectivity index (χ0) is 66.2. The number of carboxylic acids is 2. The van der Waals surface area contributed by atoms with E-state index in [2.05, 4.69) is 27.0 Å². The number of hydrogen-bond donors (Lipinski definition) is 6. The molecule has 0 aliphatic rings. The first-order chi connectivity index (χ1) is 42.9. The molecule has 8 aromatic carbocycles. The van der Waals surface area contributed by atoms with Gasteiger partial charge < -0.3 is 10.2 Å². The molecule has 2 unspecified atom stereocenters. The topological polar surface area (TPSA) is 283 Å². The minimum absolute atomic E-state index is 0. The lowest BCUT2D eigenvalue weighted by Crippen LogP contribution is -2.19. The number of hydroxylamine groups is 2. The fourth-order valence-electron chi connectivity index (χ4n) is 6.39. The van der Waals surface area contributed by atoms with Crippen molar-refractivity contribution in [2.24, 2.45) is 5.90 Å². The minimum atomic E-state index is -0.984. The number of ketones is 4. The fraction of sp³-hybridized carbons (Fsp3) is 0.0299. The molecule has 0 spiro atoms. The van der Waals surface area contributed by atoms with Gasteiger partial charge in [0.1, 0.15) is 7.66 Å². The normalized spacial score (nSPS) is 9.73. The van der Waals surface area contributed by atoms with E-state index < -0.39 is 17.8 Å². The van der Waals surface area contributed by atoms with Gasteiger partial charge >= 0.3 is 11.9 Å². The number of nitrogens with one attached hydrogen (secondary N) is 2. The maximum atomic E-state index is 11.9. The van der Waals surface area contributed by atoms with Gasteiger partial charge in [-0.25, -0.2) is 26.4 Å². The quantitative estimate of drug-likeness (QED) is 0.00766. The second-order valence-electron chi connectivity index (χ2n) is 16.6. The summed E-state index contributed by atoms with van der Waals surface area (Å²) in [4.78, 5) is 100.0. The van der Waals surface area contributed by atoms with Gasteiger partial charge in [-0.2, -0.15) is 0 Å². The lowest BCUT2D eigenvalue weighted by atomic mass is 10.1. The highest BCUT2D eigenvalue weighted by molar-refractivity contribution is 7.09. The van der Waals surface area contributed by atoms with Gasteiger partial charge in [-0.1, -0.05) is 188 Å². The van der Waals surface area contributed by atoms with E-state index in [1.165, 1.54) is 61.0 Å².